The second-order valence-corrected chi connectivity index (χ2v) is 4.29. The average molecular weight is 265 g/mol. The third-order valence-corrected chi connectivity index (χ3v) is 2.99. The van der Waals surface area contributed by atoms with Crippen LogP contribution in [0, 0.1) is 10.1 Å². The van der Waals surface area contributed by atoms with Gasteiger partial charge in [0.05, 0.1) is 17.6 Å². The predicted octanol–water partition coefficient (Wildman–Crippen LogP) is 0.394. The van der Waals surface area contributed by atoms with Crippen LogP contribution in [-0.2, 0) is 4.74 Å². The van der Waals surface area contributed by atoms with Gasteiger partial charge in [0.25, 0.3) is 11.6 Å². The van der Waals surface area contributed by atoms with Gasteiger partial charge in [-0.2, -0.15) is 0 Å². The Kier molecular flexibility index (Phi) is 4.08. The number of nitrogens with zero attached hydrogens (tertiary/aromatic N) is 2. The van der Waals surface area contributed by atoms with Crippen molar-refractivity contribution in [2.24, 2.45) is 5.73 Å². The molecule has 7 nitrogen and oxygen atoms in total. The van der Waals surface area contributed by atoms with Crippen LogP contribution >= 0.6 is 0 Å². The molecule has 1 fully saturated rings. The van der Waals surface area contributed by atoms with Crippen molar-refractivity contribution in [2.75, 3.05) is 26.2 Å². The molecule has 1 unspecified atom stereocenters. The zero-order valence-electron chi connectivity index (χ0n) is 10.3. The SMILES string of the molecule is NCC1CN(C(=O)c2cccc([N+](=O)[O-])c2)CCO1. The standard InChI is InChI=1S/C12H15N3O4/c13-7-11-8-14(4-5-19-11)12(16)9-2-1-3-10(6-9)15(17)18/h1-3,6,11H,4-5,7-8,13H2. The quantitative estimate of drug-likeness (QED) is 0.629. The topological polar surface area (TPSA) is 98.7 Å². The summed E-state index contributed by atoms with van der Waals surface area (Å²) in [5.74, 6) is -0.231. The molecule has 0 radical (unpaired) electrons. The molecule has 1 aromatic rings. The van der Waals surface area contributed by atoms with Crippen LogP contribution in [0.15, 0.2) is 24.3 Å². The molecule has 1 aliphatic heterocycles. The van der Waals surface area contributed by atoms with E-state index in [-0.39, 0.29) is 17.7 Å². The van der Waals surface area contributed by atoms with Gasteiger partial charge in [0.1, 0.15) is 0 Å². The second kappa shape index (κ2) is 5.77. The van der Waals surface area contributed by atoms with Crippen molar-refractivity contribution in [2.45, 2.75) is 6.10 Å². The van der Waals surface area contributed by atoms with Crippen molar-refractivity contribution in [1.29, 1.82) is 0 Å². The zero-order valence-corrected chi connectivity index (χ0v) is 10.3. The number of nitro benzene ring substituents is 1. The van der Waals surface area contributed by atoms with Crippen LogP contribution in [0.3, 0.4) is 0 Å². The van der Waals surface area contributed by atoms with Crippen LogP contribution in [0.2, 0.25) is 0 Å². The second-order valence-electron chi connectivity index (χ2n) is 4.29. The molecule has 7 heteroatoms. The van der Waals surface area contributed by atoms with E-state index >= 15 is 0 Å². The molecule has 1 aromatic carbocycles. The maximum absolute atomic E-state index is 12.2. The zero-order chi connectivity index (χ0) is 13.8. The molecule has 0 saturated carbocycles. The Balaban J connectivity index is 2.14. The van der Waals surface area contributed by atoms with Gasteiger partial charge in [0, 0.05) is 37.3 Å². The molecular formula is C12H15N3O4. The summed E-state index contributed by atoms with van der Waals surface area (Å²) >= 11 is 0. The molecule has 2 rings (SSSR count). The van der Waals surface area contributed by atoms with Crippen molar-refractivity contribution < 1.29 is 14.5 Å². The van der Waals surface area contributed by atoms with Gasteiger partial charge in [0.15, 0.2) is 0 Å². The Morgan fingerprint density at radius 2 is 2.37 bits per heavy atom. The molecule has 0 aliphatic carbocycles. The van der Waals surface area contributed by atoms with Crippen LogP contribution in [0.25, 0.3) is 0 Å². The van der Waals surface area contributed by atoms with Gasteiger partial charge in [0.2, 0.25) is 0 Å². The van der Waals surface area contributed by atoms with Gasteiger partial charge in [-0.05, 0) is 6.07 Å². The maximum atomic E-state index is 12.2. The maximum Gasteiger partial charge on any atom is 0.270 e. The number of carbonyl (C=O) groups is 1. The minimum Gasteiger partial charge on any atom is -0.373 e. The minimum atomic E-state index is -0.515. The molecule has 0 spiro atoms. The first-order valence-corrected chi connectivity index (χ1v) is 5.97. The summed E-state index contributed by atoms with van der Waals surface area (Å²) < 4.78 is 5.38. The van der Waals surface area contributed by atoms with E-state index < -0.39 is 4.92 Å². The highest BCUT2D eigenvalue weighted by atomic mass is 16.6. The first-order chi connectivity index (χ1) is 9.11. The van der Waals surface area contributed by atoms with Crippen molar-refractivity contribution in [3.05, 3.63) is 39.9 Å². The number of morpholine rings is 1. The number of nitrogens with two attached hydrogens (primary N) is 1. The Bertz CT molecular complexity index is 492. The summed E-state index contributed by atoms with van der Waals surface area (Å²) in [7, 11) is 0. The molecule has 2 N–H and O–H groups in total. The lowest BCUT2D eigenvalue weighted by molar-refractivity contribution is -0.384. The predicted molar refractivity (Wildman–Crippen MR) is 67.8 cm³/mol. The van der Waals surface area contributed by atoms with Gasteiger partial charge in [-0.1, -0.05) is 6.07 Å². The number of rotatable bonds is 3. The molecule has 1 heterocycles. The third-order valence-electron chi connectivity index (χ3n) is 2.99. The number of non-ortho nitro benzene ring substituents is 1. The van der Waals surface area contributed by atoms with E-state index in [4.69, 9.17) is 10.5 Å². The largest absolute Gasteiger partial charge is 0.373 e. The third kappa shape index (κ3) is 3.07. The number of amides is 1. The van der Waals surface area contributed by atoms with Gasteiger partial charge >= 0.3 is 0 Å². The summed E-state index contributed by atoms with van der Waals surface area (Å²) in [6.07, 6.45) is -0.170. The number of benzene rings is 1. The molecule has 1 amide bonds. The smallest absolute Gasteiger partial charge is 0.270 e. The monoisotopic (exact) mass is 265 g/mol. The molecule has 1 aliphatic rings. The number of hydrogen-bond acceptors (Lipinski definition) is 5. The van der Waals surface area contributed by atoms with Crippen LogP contribution < -0.4 is 5.73 Å². The highest BCUT2D eigenvalue weighted by Crippen LogP contribution is 2.16. The first-order valence-electron chi connectivity index (χ1n) is 5.97. The Morgan fingerprint density at radius 1 is 1.58 bits per heavy atom. The number of hydrogen-bond donors (Lipinski definition) is 1. The molecular weight excluding hydrogens is 250 g/mol. The number of ether oxygens (including phenoxy) is 1. The Morgan fingerprint density at radius 3 is 3.05 bits per heavy atom. The molecule has 0 bridgehead atoms. The van der Waals surface area contributed by atoms with Gasteiger partial charge in [-0.15, -0.1) is 0 Å². The summed E-state index contributed by atoms with van der Waals surface area (Å²) in [5.41, 5.74) is 5.74. The number of carbonyl (C=O) groups excluding carboxylic acids is 1. The van der Waals surface area contributed by atoms with Gasteiger partial charge in [-0.3, -0.25) is 14.9 Å². The van der Waals surface area contributed by atoms with Gasteiger partial charge in [-0.25, -0.2) is 0 Å². The summed E-state index contributed by atoms with van der Waals surface area (Å²) in [6, 6.07) is 5.72. The fraction of sp³-hybridized carbons (Fsp3) is 0.417. The minimum absolute atomic E-state index is 0.0884. The average Bonchev–Trinajstić information content (AvgIpc) is 2.46. The van der Waals surface area contributed by atoms with Gasteiger partial charge < -0.3 is 15.4 Å². The van der Waals surface area contributed by atoms with E-state index in [0.717, 1.165) is 0 Å². The van der Waals surface area contributed by atoms with E-state index in [1.807, 2.05) is 0 Å². The van der Waals surface area contributed by atoms with Crippen LogP contribution in [0.5, 0.6) is 0 Å². The van der Waals surface area contributed by atoms with Crippen molar-refractivity contribution in [3.63, 3.8) is 0 Å². The van der Waals surface area contributed by atoms with E-state index in [2.05, 4.69) is 0 Å². The Hall–Kier alpha value is -1.99. The highest BCUT2D eigenvalue weighted by Gasteiger charge is 2.24. The first kappa shape index (κ1) is 13.4. The molecule has 19 heavy (non-hydrogen) atoms. The molecule has 102 valence electrons. The van der Waals surface area contributed by atoms with Crippen molar-refractivity contribution in [1.82, 2.24) is 4.90 Å². The van der Waals surface area contributed by atoms with Crippen LogP contribution in [0.1, 0.15) is 10.4 Å². The lowest BCUT2D eigenvalue weighted by atomic mass is 10.1. The summed E-state index contributed by atoms with van der Waals surface area (Å²) in [5, 5.41) is 10.7. The van der Waals surface area contributed by atoms with E-state index in [1.165, 1.54) is 18.2 Å². The fourth-order valence-electron chi connectivity index (χ4n) is 1.98. The lowest BCUT2D eigenvalue weighted by Crippen LogP contribution is -2.48. The van der Waals surface area contributed by atoms with E-state index in [1.54, 1.807) is 11.0 Å². The van der Waals surface area contributed by atoms with E-state index in [9.17, 15) is 14.9 Å². The highest BCUT2D eigenvalue weighted by molar-refractivity contribution is 5.94. The molecule has 1 atom stereocenters. The number of nitro groups is 1. The summed E-state index contributed by atoms with van der Waals surface area (Å²) in [6.45, 7) is 1.66. The lowest BCUT2D eigenvalue weighted by Gasteiger charge is -2.32. The summed E-state index contributed by atoms with van der Waals surface area (Å²) in [4.78, 5) is 24.0. The normalized spacial score (nSPS) is 19.2. The van der Waals surface area contributed by atoms with Crippen LogP contribution in [0.4, 0.5) is 5.69 Å². The van der Waals surface area contributed by atoms with Crippen molar-refractivity contribution >= 4 is 11.6 Å². The molecule has 1 saturated heterocycles. The Labute approximate surface area is 110 Å². The van der Waals surface area contributed by atoms with Crippen molar-refractivity contribution in [3.8, 4) is 0 Å². The van der Waals surface area contributed by atoms with Crippen LogP contribution in [-0.4, -0.2) is 48.1 Å². The fourth-order valence-corrected chi connectivity index (χ4v) is 1.98. The van der Waals surface area contributed by atoms with E-state index in [0.29, 0.717) is 31.8 Å². The molecule has 0 aromatic heterocycles.